The van der Waals surface area contributed by atoms with E-state index in [4.69, 9.17) is 15.5 Å². The second-order valence-electron chi connectivity index (χ2n) is 8.83. The average molecular weight is 506 g/mol. The Morgan fingerprint density at radius 1 is 1.00 bits per heavy atom. The molecule has 1 aliphatic rings. The van der Waals surface area contributed by atoms with Crippen molar-refractivity contribution < 1.29 is 14.3 Å². The fraction of sp³-hybridized carbons (Fsp3) is 0.296. The van der Waals surface area contributed by atoms with E-state index in [2.05, 4.69) is 5.32 Å². The van der Waals surface area contributed by atoms with Gasteiger partial charge >= 0.3 is 5.97 Å². The van der Waals surface area contributed by atoms with Crippen LogP contribution < -0.4 is 11.1 Å². The Labute approximate surface area is 212 Å². The van der Waals surface area contributed by atoms with Crippen LogP contribution in [0.25, 0.3) is 21.5 Å². The van der Waals surface area contributed by atoms with Crippen LogP contribution in [0.2, 0.25) is 0 Å². The van der Waals surface area contributed by atoms with Crippen molar-refractivity contribution in [2.75, 3.05) is 18.2 Å². The molecule has 0 fully saturated rings. The predicted molar refractivity (Wildman–Crippen MR) is 144 cm³/mol. The zero-order valence-corrected chi connectivity index (χ0v) is 21.4. The lowest BCUT2D eigenvalue weighted by Crippen LogP contribution is -2.15. The van der Waals surface area contributed by atoms with Crippen molar-refractivity contribution in [1.29, 1.82) is 0 Å². The van der Waals surface area contributed by atoms with E-state index in [1.54, 1.807) is 0 Å². The lowest BCUT2D eigenvalue weighted by atomic mass is 9.96. The minimum atomic E-state index is -0.410. The summed E-state index contributed by atoms with van der Waals surface area (Å²) >= 11 is 2.75. The number of anilines is 2. The summed E-state index contributed by atoms with van der Waals surface area (Å²) in [5.41, 5.74) is 11.3. The van der Waals surface area contributed by atoms with E-state index in [1.807, 2.05) is 43.3 Å². The molecule has 0 spiro atoms. The Hall–Kier alpha value is -3.23. The summed E-state index contributed by atoms with van der Waals surface area (Å²) in [6.07, 6.45) is 6.18. The van der Waals surface area contributed by atoms with Gasteiger partial charge in [-0.3, -0.25) is 4.79 Å². The summed E-state index contributed by atoms with van der Waals surface area (Å²) in [4.78, 5) is 33.1. The Bertz CT molecular complexity index is 1420. The van der Waals surface area contributed by atoms with E-state index in [-0.39, 0.29) is 5.91 Å². The van der Waals surface area contributed by atoms with E-state index >= 15 is 0 Å². The Kier molecular flexibility index (Phi) is 6.58. The number of pyridine rings is 1. The molecule has 1 amide bonds. The number of fused-ring (bicyclic) bond motifs is 2. The SMILES string of the molecule is COC(=O)c1c(NC(=O)c2sc3nc(-c4ccc(C)cc4)ccc3c2N)sc2c1CCCCCC2. The summed E-state index contributed by atoms with van der Waals surface area (Å²) in [6, 6.07) is 12.0. The minimum Gasteiger partial charge on any atom is -0.465 e. The fourth-order valence-electron chi connectivity index (χ4n) is 4.54. The first-order valence-electron chi connectivity index (χ1n) is 11.8. The number of carbonyl (C=O) groups is 2. The first-order chi connectivity index (χ1) is 17.0. The van der Waals surface area contributed by atoms with Gasteiger partial charge in [-0.05, 0) is 50.3 Å². The third-order valence-corrected chi connectivity index (χ3v) is 8.76. The van der Waals surface area contributed by atoms with Crippen LogP contribution in [0.5, 0.6) is 0 Å². The number of benzene rings is 1. The number of nitrogens with zero attached hydrogens (tertiary/aromatic N) is 1. The molecule has 0 unspecified atom stereocenters. The molecular weight excluding hydrogens is 478 g/mol. The predicted octanol–water partition coefficient (Wildman–Crippen LogP) is 6.61. The number of nitrogens with two attached hydrogens (primary N) is 1. The van der Waals surface area contributed by atoms with Crippen LogP contribution >= 0.6 is 22.7 Å². The van der Waals surface area contributed by atoms with Crippen molar-refractivity contribution in [3.8, 4) is 11.3 Å². The van der Waals surface area contributed by atoms with Gasteiger partial charge in [0.1, 0.15) is 14.7 Å². The second kappa shape index (κ2) is 9.79. The summed E-state index contributed by atoms with van der Waals surface area (Å²) in [7, 11) is 1.38. The van der Waals surface area contributed by atoms with Crippen molar-refractivity contribution in [3.05, 3.63) is 62.8 Å². The molecule has 0 radical (unpaired) electrons. The molecule has 0 aliphatic heterocycles. The molecule has 5 rings (SSSR count). The van der Waals surface area contributed by atoms with Gasteiger partial charge in [0.05, 0.1) is 24.1 Å². The number of hydrogen-bond donors (Lipinski definition) is 2. The lowest BCUT2D eigenvalue weighted by molar-refractivity contribution is 0.0601. The number of nitrogens with one attached hydrogen (secondary N) is 1. The van der Waals surface area contributed by atoms with Crippen LogP contribution in [-0.2, 0) is 17.6 Å². The number of esters is 1. The highest BCUT2D eigenvalue weighted by atomic mass is 32.1. The topological polar surface area (TPSA) is 94.3 Å². The smallest absolute Gasteiger partial charge is 0.341 e. The van der Waals surface area contributed by atoms with Crippen LogP contribution in [-0.4, -0.2) is 24.0 Å². The monoisotopic (exact) mass is 505 g/mol. The number of aryl methyl sites for hydroxylation is 2. The molecule has 6 nitrogen and oxygen atoms in total. The van der Waals surface area contributed by atoms with Gasteiger partial charge in [0.15, 0.2) is 0 Å². The van der Waals surface area contributed by atoms with Crippen LogP contribution in [0.1, 0.15) is 61.7 Å². The van der Waals surface area contributed by atoms with E-state index in [0.29, 0.717) is 26.0 Å². The van der Waals surface area contributed by atoms with E-state index in [0.717, 1.165) is 59.2 Å². The van der Waals surface area contributed by atoms with Gasteiger partial charge in [0.25, 0.3) is 5.91 Å². The minimum absolute atomic E-state index is 0.332. The highest BCUT2D eigenvalue weighted by molar-refractivity contribution is 7.21. The van der Waals surface area contributed by atoms with Gasteiger partial charge in [0, 0.05) is 15.8 Å². The van der Waals surface area contributed by atoms with Crippen LogP contribution in [0.4, 0.5) is 10.7 Å². The summed E-state index contributed by atoms with van der Waals surface area (Å²) in [6.45, 7) is 2.05. The summed E-state index contributed by atoms with van der Waals surface area (Å²) in [5, 5.41) is 4.27. The molecule has 1 aromatic carbocycles. The molecule has 0 saturated heterocycles. The molecule has 4 aromatic rings. The number of hydrogen-bond acceptors (Lipinski definition) is 7. The van der Waals surface area contributed by atoms with Gasteiger partial charge < -0.3 is 15.8 Å². The van der Waals surface area contributed by atoms with Gasteiger partial charge in [-0.1, -0.05) is 42.7 Å². The van der Waals surface area contributed by atoms with Crippen molar-refractivity contribution in [2.24, 2.45) is 0 Å². The number of methoxy groups -OCH3 is 1. The number of rotatable bonds is 4. The first kappa shape index (κ1) is 23.5. The Morgan fingerprint density at radius 3 is 2.49 bits per heavy atom. The number of nitrogen functional groups attached to an aromatic ring is 1. The first-order valence-corrected chi connectivity index (χ1v) is 13.4. The largest absolute Gasteiger partial charge is 0.465 e. The standard InChI is InChI=1S/C27H27N3O3S2/c1-15-9-11-16(12-10-15)19-14-13-18-22(28)23(35-25(18)29-19)24(31)30-26-21(27(32)33-2)17-7-5-3-4-6-8-20(17)34-26/h9-14H,3-8,28H2,1-2H3,(H,30,31). The highest BCUT2D eigenvalue weighted by Gasteiger charge is 2.27. The normalized spacial score (nSPS) is 13.7. The van der Waals surface area contributed by atoms with Crippen LogP contribution in [0.15, 0.2) is 36.4 Å². The van der Waals surface area contributed by atoms with Crippen LogP contribution in [0.3, 0.4) is 0 Å². The maximum absolute atomic E-state index is 13.4. The number of amides is 1. The molecule has 3 heterocycles. The molecular formula is C27H27N3O3S2. The average Bonchev–Trinajstić information content (AvgIpc) is 3.35. The maximum atomic E-state index is 13.4. The van der Waals surface area contributed by atoms with Gasteiger partial charge in [0.2, 0.25) is 0 Å². The van der Waals surface area contributed by atoms with Crippen LogP contribution in [0, 0.1) is 6.92 Å². The lowest BCUT2D eigenvalue weighted by Gasteiger charge is -2.10. The number of ether oxygens (including phenoxy) is 1. The van der Waals surface area contributed by atoms with E-state index in [9.17, 15) is 9.59 Å². The second-order valence-corrected chi connectivity index (χ2v) is 10.9. The Morgan fingerprint density at radius 2 is 1.74 bits per heavy atom. The quantitative estimate of drug-likeness (QED) is 0.304. The molecule has 1 aliphatic carbocycles. The van der Waals surface area contributed by atoms with Crippen molar-refractivity contribution in [3.63, 3.8) is 0 Å². The molecule has 0 bridgehead atoms. The van der Waals surface area contributed by atoms with Crippen molar-refractivity contribution in [1.82, 2.24) is 4.98 Å². The Balaban J connectivity index is 1.49. The molecule has 0 atom stereocenters. The molecule has 3 N–H and O–H groups in total. The molecule has 35 heavy (non-hydrogen) atoms. The van der Waals surface area contributed by atoms with E-state index < -0.39 is 5.97 Å². The zero-order valence-electron chi connectivity index (χ0n) is 19.8. The third kappa shape index (κ3) is 4.56. The molecule has 8 heteroatoms. The number of aromatic nitrogens is 1. The zero-order chi connectivity index (χ0) is 24.5. The van der Waals surface area contributed by atoms with Gasteiger partial charge in [-0.15, -0.1) is 22.7 Å². The molecule has 0 saturated carbocycles. The molecule has 3 aromatic heterocycles. The highest BCUT2D eigenvalue weighted by Crippen LogP contribution is 2.39. The number of carbonyl (C=O) groups excluding carboxylic acids is 2. The van der Waals surface area contributed by atoms with Crippen molar-refractivity contribution in [2.45, 2.75) is 45.4 Å². The fourth-order valence-corrected chi connectivity index (χ4v) is 6.80. The number of thiophene rings is 2. The summed E-state index contributed by atoms with van der Waals surface area (Å²) < 4.78 is 5.08. The van der Waals surface area contributed by atoms with Gasteiger partial charge in [-0.25, -0.2) is 9.78 Å². The van der Waals surface area contributed by atoms with Gasteiger partial charge in [-0.2, -0.15) is 0 Å². The maximum Gasteiger partial charge on any atom is 0.341 e. The van der Waals surface area contributed by atoms with E-state index in [1.165, 1.54) is 41.8 Å². The molecule has 180 valence electrons. The third-order valence-electron chi connectivity index (χ3n) is 6.44. The summed E-state index contributed by atoms with van der Waals surface area (Å²) in [5.74, 6) is -0.742. The van der Waals surface area contributed by atoms with Crippen molar-refractivity contribution >= 4 is 55.5 Å².